The summed E-state index contributed by atoms with van der Waals surface area (Å²) in [5, 5.41) is 1.01. The average Bonchev–Trinajstić information content (AvgIpc) is 2.65. The normalized spacial score (nSPS) is 12.3. The molecular formula is C19H16Cl2N2O3. The highest BCUT2D eigenvalue weighted by atomic mass is 35.5. The number of rotatable bonds is 5. The Morgan fingerprint density at radius 1 is 1.08 bits per heavy atom. The van der Waals surface area contributed by atoms with Crippen molar-refractivity contribution in [2.24, 2.45) is 0 Å². The van der Waals surface area contributed by atoms with Crippen LogP contribution >= 0.6 is 23.2 Å². The number of hydrogen-bond donors (Lipinski definition) is 0. The number of fused-ring (bicyclic) bond motifs is 1. The molecule has 1 aromatic heterocycles. The summed E-state index contributed by atoms with van der Waals surface area (Å²) < 4.78 is 2.45. The van der Waals surface area contributed by atoms with Gasteiger partial charge in [0.25, 0.3) is 5.56 Å². The lowest BCUT2D eigenvalue weighted by atomic mass is 10.1. The van der Waals surface area contributed by atoms with Gasteiger partial charge >= 0.3 is 5.69 Å². The van der Waals surface area contributed by atoms with E-state index in [1.54, 1.807) is 42.5 Å². The third kappa shape index (κ3) is 3.08. The number of nitrogens with zero attached hydrogens (tertiary/aromatic N) is 2. The molecule has 26 heavy (non-hydrogen) atoms. The lowest BCUT2D eigenvalue weighted by Crippen LogP contribution is -2.42. The molecule has 1 atom stereocenters. The summed E-state index contributed by atoms with van der Waals surface area (Å²) in [6, 6.07) is 11.1. The van der Waals surface area contributed by atoms with E-state index in [0.29, 0.717) is 32.9 Å². The SMILES string of the molecule is CCC(C=O)n1c(=O)n(Cc2cccc(Cl)c2Cl)c(=O)c2ccccc21. The Labute approximate surface area is 159 Å². The van der Waals surface area contributed by atoms with Gasteiger partial charge in [0.1, 0.15) is 6.29 Å². The van der Waals surface area contributed by atoms with Gasteiger partial charge in [-0.15, -0.1) is 0 Å². The van der Waals surface area contributed by atoms with E-state index in [1.165, 1.54) is 4.57 Å². The highest BCUT2D eigenvalue weighted by Gasteiger charge is 2.19. The monoisotopic (exact) mass is 390 g/mol. The molecule has 0 saturated carbocycles. The van der Waals surface area contributed by atoms with Crippen LogP contribution in [0.2, 0.25) is 10.0 Å². The first-order valence-corrected chi connectivity index (χ1v) is 8.87. The molecule has 0 fully saturated rings. The van der Waals surface area contributed by atoms with E-state index >= 15 is 0 Å². The van der Waals surface area contributed by atoms with Crippen LogP contribution < -0.4 is 11.2 Å². The van der Waals surface area contributed by atoms with Gasteiger partial charge in [0.15, 0.2) is 0 Å². The standard InChI is InChI=1S/C19H16Cl2N2O3/c1-2-13(11-24)23-16-9-4-3-7-14(16)18(25)22(19(23)26)10-12-6-5-8-15(20)17(12)21/h3-9,11,13H,2,10H2,1H3. The fourth-order valence-corrected chi connectivity index (χ4v) is 3.35. The quantitative estimate of drug-likeness (QED) is 0.624. The number of carbonyl (C=O) groups excluding carboxylic acids is 1. The minimum absolute atomic E-state index is 0.0306. The topological polar surface area (TPSA) is 61.1 Å². The third-order valence-electron chi connectivity index (χ3n) is 4.34. The summed E-state index contributed by atoms with van der Waals surface area (Å²) in [5.74, 6) is 0. The first kappa shape index (κ1) is 18.4. The van der Waals surface area contributed by atoms with Crippen LogP contribution in [0.15, 0.2) is 52.1 Å². The van der Waals surface area contributed by atoms with E-state index in [0.717, 1.165) is 10.9 Å². The molecule has 5 nitrogen and oxygen atoms in total. The maximum Gasteiger partial charge on any atom is 0.332 e. The summed E-state index contributed by atoms with van der Waals surface area (Å²) in [6.07, 6.45) is 1.15. The molecule has 0 N–H and O–H groups in total. The summed E-state index contributed by atoms with van der Waals surface area (Å²) in [6.45, 7) is 1.78. The Morgan fingerprint density at radius 2 is 1.81 bits per heavy atom. The first-order chi connectivity index (χ1) is 12.5. The Bertz CT molecular complexity index is 1100. The number of para-hydroxylation sites is 1. The zero-order valence-electron chi connectivity index (χ0n) is 14.0. The molecule has 0 aliphatic carbocycles. The maximum absolute atomic E-state index is 13.1. The summed E-state index contributed by atoms with van der Waals surface area (Å²) in [4.78, 5) is 37.4. The molecule has 0 spiro atoms. The van der Waals surface area contributed by atoms with Crippen molar-refractivity contribution in [3.05, 3.63) is 78.9 Å². The zero-order chi connectivity index (χ0) is 18.8. The van der Waals surface area contributed by atoms with Gasteiger partial charge in [-0.2, -0.15) is 0 Å². The van der Waals surface area contributed by atoms with Crippen molar-refractivity contribution in [1.29, 1.82) is 0 Å². The smallest absolute Gasteiger partial charge is 0.301 e. The van der Waals surface area contributed by atoms with Crippen LogP contribution in [0.25, 0.3) is 10.9 Å². The Balaban J connectivity index is 2.32. The molecule has 0 aliphatic rings. The van der Waals surface area contributed by atoms with E-state index in [2.05, 4.69) is 0 Å². The minimum Gasteiger partial charge on any atom is -0.301 e. The fourth-order valence-electron chi connectivity index (χ4n) is 2.97. The predicted molar refractivity (Wildman–Crippen MR) is 103 cm³/mol. The first-order valence-electron chi connectivity index (χ1n) is 8.11. The molecule has 1 heterocycles. The number of aldehydes is 1. The molecule has 0 aliphatic heterocycles. The molecule has 0 radical (unpaired) electrons. The van der Waals surface area contributed by atoms with Gasteiger partial charge in [0, 0.05) is 0 Å². The van der Waals surface area contributed by atoms with Crippen molar-refractivity contribution in [3.8, 4) is 0 Å². The molecule has 0 saturated heterocycles. The highest BCUT2D eigenvalue weighted by Crippen LogP contribution is 2.26. The molecule has 0 bridgehead atoms. The van der Waals surface area contributed by atoms with Crippen molar-refractivity contribution in [2.45, 2.75) is 25.9 Å². The van der Waals surface area contributed by atoms with Gasteiger partial charge in [-0.1, -0.05) is 54.4 Å². The zero-order valence-corrected chi connectivity index (χ0v) is 15.5. The number of aromatic nitrogens is 2. The number of carbonyl (C=O) groups is 1. The Kier molecular flexibility index (Phi) is 5.30. The van der Waals surface area contributed by atoms with Crippen molar-refractivity contribution < 1.29 is 4.79 Å². The lowest BCUT2D eigenvalue weighted by Gasteiger charge is -2.18. The second-order valence-corrected chi connectivity index (χ2v) is 6.67. The van der Waals surface area contributed by atoms with Crippen molar-refractivity contribution in [3.63, 3.8) is 0 Å². The van der Waals surface area contributed by atoms with Gasteiger partial charge < -0.3 is 4.79 Å². The van der Waals surface area contributed by atoms with Gasteiger partial charge in [0.2, 0.25) is 0 Å². The second kappa shape index (κ2) is 7.48. The van der Waals surface area contributed by atoms with Crippen molar-refractivity contribution in [2.75, 3.05) is 0 Å². The molecule has 3 aromatic rings. The van der Waals surface area contributed by atoms with Crippen molar-refractivity contribution in [1.82, 2.24) is 9.13 Å². The lowest BCUT2D eigenvalue weighted by molar-refractivity contribution is -0.110. The Hall–Kier alpha value is -2.37. The van der Waals surface area contributed by atoms with Crippen LogP contribution in [-0.4, -0.2) is 15.4 Å². The van der Waals surface area contributed by atoms with Crippen LogP contribution in [0, 0.1) is 0 Å². The molecule has 3 rings (SSSR count). The van der Waals surface area contributed by atoms with E-state index in [4.69, 9.17) is 23.2 Å². The number of benzene rings is 2. The van der Waals surface area contributed by atoms with E-state index in [9.17, 15) is 14.4 Å². The Morgan fingerprint density at radius 3 is 2.50 bits per heavy atom. The number of halogens is 2. The molecule has 2 aromatic carbocycles. The van der Waals surface area contributed by atoms with Gasteiger partial charge in [-0.3, -0.25) is 13.9 Å². The largest absolute Gasteiger partial charge is 0.332 e. The van der Waals surface area contributed by atoms with Gasteiger partial charge in [0.05, 0.1) is 33.5 Å². The maximum atomic E-state index is 13.1. The van der Waals surface area contributed by atoms with Crippen LogP contribution in [0.1, 0.15) is 24.9 Å². The third-order valence-corrected chi connectivity index (χ3v) is 5.20. The highest BCUT2D eigenvalue weighted by molar-refractivity contribution is 6.42. The molecule has 134 valence electrons. The fraction of sp³-hybridized carbons (Fsp3) is 0.211. The predicted octanol–water partition coefficient (Wildman–Crippen LogP) is 3.67. The summed E-state index contributed by atoms with van der Waals surface area (Å²) in [5.41, 5.74) is 0.0107. The van der Waals surface area contributed by atoms with Gasteiger partial charge in [-0.25, -0.2) is 4.79 Å². The molecule has 1 unspecified atom stereocenters. The minimum atomic E-state index is -0.658. The average molecular weight is 391 g/mol. The van der Waals surface area contributed by atoms with Crippen LogP contribution in [0.4, 0.5) is 0 Å². The summed E-state index contributed by atoms with van der Waals surface area (Å²) in [7, 11) is 0. The molecule has 7 heteroatoms. The van der Waals surface area contributed by atoms with Crippen LogP contribution in [0.5, 0.6) is 0 Å². The number of hydrogen-bond acceptors (Lipinski definition) is 3. The van der Waals surface area contributed by atoms with E-state index in [-0.39, 0.29) is 6.54 Å². The van der Waals surface area contributed by atoms with Gasteiger partial charge in [-0.05, 0) is 30.2 Å². The van der Waals surface area contributed by atoms with E-state index in [1.807, 2.05) is 6.92 Å². The van der Waals surface area contributed by atoms with Crippen LogP contribution in [0.3, 0.4) is 0 Å². The molecule has 0 amide bonds. The molecular weight excluding hydrogens is 375 g/mol. The van der Waals surface area contributed by atoms with Crippen molar-refractivity contribution >= 4 is 40.4 Å². The van der Waals surface area contributed by atoms with Crippen LogP contribution in [-0.2, 0) is 11.3 Å². The van der Waals surface area contributed by atoms with E-state index < -0.39 is 17.3 Å². The second-order valence-electron chi connectivity index (χ2n) is 5.89. The summed E-state index contributed by atoms with van der Waals surface area (Å²) >= 11 is 12.2.